The van der Waals surface area contributed by atoms with Crippen molar-refractivity contribution < 1.29 is 0 Å². The Morgan fingerprint density at radius 3 is 2.55 bits per heavy atom. The van der Waals surface area contributed by atoms with Gasteiger partial charge in [0.2, 0.25) is 0 Å². The minimum absolute atomic E-state index is 0.128. The molecule has 0 heterocycles. The molecule has 0 aromatic heterocycles. The van der Waals surface area contributed by atoms with Crippen LogP contribution in [0.5, 0.6) is 0 Å². The Labute approximate surface area is 75.7 Å². The highest BCUT2D eigenvalue weighted by atomic mass is 79.9. The predicted octanol–water partition coefficient (Wildman–Crippen LogP) is 2.78. The Bertz CT molecular complexity index is 256. The molecule has 0 saturated carbocycles. The summed E-state index contributed by atoms with van der Waals surface area (Å²) >= 11 is 3.40. The van der Waals surface area contributed by atoms with E-state index < -0.39 is 0 Å². The third kappa shape index (κ3) is 2.04. The number of aryl methyl sites for hydroxylation is 1. The molecule has 1 unspecified atom stereocenters. The number of hydrogen-bond donors (Lipinski definition) is 1. The zero-order valence-corrected chi connectivity index (χ0v) is 8.35. The lowest BCUT2D eigenvalue weighted by Crippen LogP contribution is -2.06. The molecule has 2 N–H and O–H groups in total. The normalized spacial score (nSPS) is 13.1. The number of benzene rings is 1. The van der Waals surface area contributed by atoms with E-state index in [1.165, 1.54) is 11.1 Å². The van der Waals surface area contributed by atoms with Gasteiger partial charge in [-0.3, -0.25) is 0 Å². The maximum atomic E-state index is 5.75. The Kier molecular flexibility index (Phi) is 2.68. The van der Waals surface area contributed by atoms with Gasteiger partial charge in [0.05, 0.1) is 0 Å². The molecule has 0 aliphatic heterocycles. The highest BCUT2D eigenvalue weighted by molar-refractivity contribution is 9.10. The highest BCUT2D eigenvalue weighted by Gasteiger charge is 2.02. The number of halogens is 1. The molecule has 0 radical (unpaired) electrons. The molecule has 0 saturated heterocycles. The van der Waals surface area contributed by atoms with Crippen LogP contribution in [0, 0.1) is 6.92 Å². The summed E-state index contributed by atoms with van der Waals surface area (Å²) in [4.78, 5) is 0. The van der Waals surface area contributed by atoms with Crippen LogP contribution in [0.3, 0.4) is 0 Å². The van der Waals surface area contributed by atoms with Crippen LogP contribution in [-0.2, 0) is 0 Å². The summed E-state index contributed by atoms with van der Waals surface area (Å²) in [6, 6.07) is 6.29. The summed E-state index contributed by atoms with van der Waals surface area (Å²) in [5, 5.41) is 0. The largest absolute Gasteiger partial charge is 0.324 e. The third-order valence-corrected chi connectivity index (χ3v) is 2.22. The van der Waals surface area contributed by atoms with Crippen LogP contribution in [0.15, 0.2) is 22.7 Å². The fourth-order valence-electron chi connectivity index (χ4n) is 1.15. The Balaban J connectivity index is 3.09. The summed E-state index contributed by atoms with van der Waals surface area (Å²) in [6.45, 7) is 4.07. The van der Waals surface area contributed by atoms with Crippen LogP contribution in [0.2, 0.25) is 0 Å². The first-order chi connectivity index (χ1) is 5.11. The second-order valence-electron chi connectivity index (χ2n) is 2.79. The molecular weight excluding hydrogens is 202 g/mol. The molecule has 1 nitrogen and oxygen atoms in total. The minimum atomic E-state index is 0.128. The molecule has 0 spiro atoms. The maximum absolute atomic E-state index is 5.75. The Morgan fingerprint density at radius 2 is 2.09 bits per heavy atom. The van der Waals surface area contributed by atoms with Crippen molar-refractivity contribution in [3.05, 3.63) is 33.8 Å². The van der Waals surface area contributed by atoms with E-state index >= 15 is 0 Å². The molecule has 1 aromatic rings. The van der Waals surface area contributed by atoms with Crippen molar-refractivity contribution in [2.45, 2.75) is 19.9 Å². The second-order valence-corrected chi connectivity index (χ2v) is 3.71. The van der Waals surface area contributed by atoms with Crippen LogP contribution < -0.4 is 5.73 Å². The van der Waals surface area contributed by atoms with E-state index in [9.17, 15) is 0 Å². The van der Waals surface area contributed by atoms with Crippen molar-refractivity contribution in [1.29, 1.82) is 0 Å². The average Bonchev–Trinajstić information content (AvgIpc) is 1.85. The summed E-state index contributed by atoms with van der Waals surface area (Å²) in [6.07, 6.45) is 0. The van der Waals surface area contributed by atoms with Gasteiger partial charge in [-0.15, -0.1) is 0 Å². The van der Waals surface area contributed by atoms with Gasteiger partial charge in [0.15, 0.2) is 0 Å². The number of nitrogens with two attached hydrogens (primary N) is 1. The molecule has 1 rings (SSSR count). The number of hydrogen-bond acceptors (Lipinski definition) is 1. The van der Waals surface area contributed by atoms with E-state index in [1.807, 2.05) is 13.0 Å². The zero-order chi connectivity index (χ0) is 8.43. The van der Waals surface area contributed by atoms with Gasteiger partial charge in [0, 0.05) is 10.5 Å². The van der Waals surface area contributed by atoms with Crippen LogP contribution in [0.25, 0.3) is 0 Å². The molecule has 0 bridgehead atoms. The summed E-state index contributed by atoms with van der Waals surface area (Å²) in [5.41, 5.74) is 8.21. The van der Waals surface area contributed by atoms with Crippen molar-refractivity contribution >= 4 is 15.9 Å². The first kappa shape index (κ1) is 8.75. The Hall–Kier alpha value is -0.340. The van der Waals surface area contributed by atoms with E-state index in [1.54, 1.807) is 0 Å². The molecular formula is C9H12BrN. The molecule has 0 aliphatic rings. The monoisotopic (exact) mass is 213 g/mol. The van der Waals surface area contributed by atoms with Gasteiger partial charge in [-0.25, -0.2) is 0 Å². The third-order valence-electron chi connectivity index (χ3n) is 1.72. The van der Waals surface area contributed by atoms with Crippen LogP contribution in [0.1, 0.15) is 24.1 Å². The van der Waals surface area contributed by atoms with Gasteiger partial charge in [-0.05, 0) is 37.1 Å². The molecule has 1 atom stereocenters. The topological polar surface area (TPSA) is 26.0 Å². The summed E-state index contributed by atoms with van der Waals surface area (Å²) in [7, 11) is 0. The maximum Gasteiger partial charge on any atom is 0.0268 e. The highest BCUT2D eigenvalue weighted by Crippen LogP contribution is 2.19. The second kappa shape index (κ2) is 3.37. The van der Waals surface area contributed by atoms with Gasteiger partial charge < -0.3 is 5.73 Å². The summed E-state index contributed by atoms with van der Waals surface area (Å²) in [5.74, 6) is 0. The lowest BCUT2D eigenvalue weighted by Gasteiger charge is -2.08. The van der Waals surface area contributed by atoms with Gasteiger partial charge >= 0.3 is 0 Å². The van der Waals surface area contributed by atoms with Crippen LogP contribution in [-0.4, -0.2) is 0 Å². The van der Waals surface area contributed by atoms with Crippen molar-refractivity contribution in [1.82, 2.24) is 0 Å². The first-order valence-electron chi connectivity index (χ1n) is 3.63. The number of rotatable bonds is 1. The molecule has 11 heavy (non-hydrogen) atoms. The fourth-order valence-corrected chi connectivity index (χ4v) is 1.63. The predicted molar refractivity (Wildman–Crippen MR) is 51.5 cm³/mol. The zero-order valence-electron chi connectivity index (χ0n) is 6.76. The first-order valence-corrected chi connectivity index (χ1v) is 4.42. The van der Waals surface area contributed by atoms with Crippen molar-refractivity contribution in [2.75, 3.05) is 0 Å². The van der Waals surface area contributed by atoms with E-state index in [4.69, 9.17) is 5.73 Å². The quantitative estimate of drug-likeness (QED) is 0.764. The van der Waals surface area contributed by atoms with Gasteiger partial charge in [0.1, 0.15) is 0 Å². The van der Waals surface area contributed by atoms with Gasteiger partial charge in [0.25, 0.3) is 0 Å². The Morgan fingerprint density at radius 1 is 1.45 bits per heavy atom. The SMILES string of the molecule is Cc1cc(Br)ccc1C(C)N. The fraction of sp³-hybridized carbons (Fsp3) is 0.333. The average molecular weight is 214 g/mol. The minimum Gasteiger partial charge on any atom is -0.324 e. The molecule has 0 amide bonds. The van der Waals surface area contributed by atoms with E-state index in [2.05, 4.69) is 35.0 Å². The lowest BCUT2D eigenvalue weighted by atomic mass is 10.0. The van der Waals surface area contributed by atoms with Gasteiger partial charge in [-0.2, -0.15) is 0 Å². The standard InChI is InChI=1S/C9H12BrN/c1-6-5-8(10)3-4-9(6)7(2)11/h3-5,7H,11H2,1-2H3. The van der Waals surface area contributed by atoms with Crippen molar-refractivity contribution in [2.24, 2.45) is 5.73 Å². The molecule has 0 fully saturated rings. The van der Waals surface area contributed by atoms with Crippen molar-refractivity contribution in [3.8, 4) is 0 Å². The molecule has 1 aromatic carbocycles. The van der Waals surface area contributed by atoms with E-state index in [0.29, 0.717) is 0 Å². The van der Waals surface area contributed by atoms with Crippen LogP contribution in [0.4, 0.5) is 0 Å². The van der Waals surface area contributed by atoms with Gasteiger partial charge in [-0.1, -0.05) is 22.0 Å². The molecule has 60 valence electrons. The smallest absolute Gasteiger partial charge is 0.0268 e. The van der Waals surface area contributed by atoms with E-state index in [-0.39, 0.29) is 6.04 Å². The lowest BCUT2D eigenvalue weighted by molar-refractivity contribution is 0.809. The van der Waals surface area contributed by atoms with Crippen molar-refractivity contribution in [3.63, 3.8) is 0 Å². The molecule has 2 heteroatoms. The van der Waals surface area contributed by atoms with Crippen LogP contribution >= 0.6 is 15.9 Å². The summed E-state index contributed by atoms with van der Waals surface area (Å²) < 4.78 is 1.11. The molecule has 0 aliphatic carbocycles. The van der Waals surface area contributed by atoms with E-state index in [0.717, 1.165) is 4.47 Å².